The third-order valence-corrected chi connectivity index (χ3v) is 4.80. The minimum absolute atomic E-state index is 0.000213. The van der Waals surface area contributed by atoms with Crippen molar-refractivity contribution >= 4 is 42.2 Å². The minimum atomic E-state index is -3.87. The molecule has 0 aliphatic heterocycles. The van der Waals surface area contributed by atoms with E-state index >= 15 is 0 Å². The van der Waals surface area contributed by atoms with Crippen molar-refractivity contribution in [1.29, 1.82) is 0 Å². The molecule has 0 atom stereocenters. The highest BCUT2D eigenvalue weighted by Crippen LogP contribution is 2.33. The average Bonchev–Trinajstić information content (AvgIpc) is 2.43. The van der Waals surface area contributed by atoms with Gasteiger partial charge in [-0.2, -0.15) is 0 Å². The Morgan fingerprint density at radius 3 is 2.43 bits per heavy atom. The maximum Gasteiger partial charge on any atom is 0.261 e. The highest BCUT2D eigenvalue weighted by Gasteiger charge is 2.19. The van der Waals surface area contributed by atoms with E-state index in [1.807, 2.05) is 13.8 Å². The van der Waals surface area contributed by atoms with E-state index in [0.29, 0.717) is 16.7 Å². The molecule has 114 valence electrons. The summed E-state index contributed by atoms with van der Waals surface area (Å²) in [7, 11) is 1.60. The molecule has 0 radical (unpaired) electrons. The van der Waals surface area contributed by atoms with Crippen molar-refractivity contribution < 1.29 is 13.2 Å². The summed E-state index contributed by atoms with van der Waals surface area (Å²) in [6.45, 7) is 4.04. The minimum Gasteiger partial charge on any atom is -0.488 e. The standard InChI is InChI=1S/C14H15Cl2NO3S/c1-3-9(4-2)20-11-6-7-12(21(16,18)19)10-5-8-13(15)17-14(10)11/h5-9H,3-4H2,1-2H3. The fourth-order valence-electron chi connectivity index (χ4n) is 2.08. The Labute approximate surface area is 133 Å². The molecule has 0 saturated carbocycles. The fraction of sp³-hybridized carbons (Fsp3) is 0.357. The number of hydrogen-bond acceptors (Lipinski definition) is 4. The topological polar surface area (TPSA) is 56.3 Å². The van der Waals surface area contributed by atoms with Crippen LogP contribution in [0, 0.1) is 0 Å². The monoisotopic (exact) mass is 347 g/mol. The van der Waals surface area contributed by atoms with Gasteiger partial charge in [0.2, 0.25) is 0 Å². The number of halogens is 2. The lowest BCUT2D eigenvalue weighted by Gasteiger charge is -2.17. The summed E-state index contributed by atoms with van der Waals surface area (Å²) in [4.78, 5) is 4.19. The van der Waals surface area contributed by atoms with Crippen LogP contribution in [0.3, 0.4) is 0 Å². The normalized spacial score (nSPS) is 12.0. The second kappa shape index (κ2) is 6.38. The summed E-state index contributed by atoms with van der Waals surface area (Å²) >= 11 is 5.91. The Morgan fingerprint density at radius 1 is 1.19 bits per heavy atom. The quantitative estimate of drug-likeness (QED) is 0.594. The van der Waals surface area contributed by atoms with Gasteiger partial charge < -0.3 is 4.74 Å². The fourth-order valence-corrected chi connectivity index (χ4v) is 3.29. The Bertz CT molecular complexity index is 758. The SMILES string of the molecule is CCC(CC)Oc1ccc(S(=O)(=O)Cl)c2ccc(Cl)nc12. The number of pyridine rings is 1. The summed E-state index contributed by atoms with van der Waals surface area (Å²) in [6.07, 6.45) is 1.72. The number of fused-ring (bicyclic) bond motifs is 1. The van der Waals surface area contributed by atoms with Gasteiger partial charge in [-0.15, -0.1) is 0 Å². The van der Waals surface area contributed by atoms with E-state index in [2.05, 4.69) is 4.98 Å². The van der Waals surface area contributed by atoms with Crippen LogP contribution >= 0.6 is 22.3 Å². The third-order valence-electron chi connectivity index (χ3n) is 3.21. The first-order valence-electron chi connectivity index (χ1n) is 6.57. The summed E-state index contributed by atoms with van der Waals surface area (Å²) in [5.74, 6) is 0.505. The van der Waals surface area contributed by atoms with Gasteiger partial charge in [-0.3, -0.25) is 0 Å². The molecule has 0 unspecified atom stereocenters. The van der Waals surface area contributed by atoms with Crippen LogP contribution in [0.2, 0.25) is 5.15 Å². The van der Waals surface area contributed by atoms with Crippen molar-refractivity contribution in [3.63, 3.8) is 0 Å². The van der Waals surface area contributed by atoms with E-state index in [-0.39, 0.29) is 16.2 Å². The molecule has 1 aromatic carbocycles. The van der Waals surface area contributed by atoms with E-state index in [1.165, 1.54) is 12.1 Å². The smallest absolute Gasteiger partial charge is 0.261 e. The molecular formula is C14H15Cl2NO3S. The molecule has 1 aromatic heterocycles. The molecule has 0 saturated heterocycles. The van der Waals surface area contributed by atoms with E-state index in [1.54, 1.807) is 12.1 Å². The van der Waals surface area contributed by atoms with Crippen LogP contribution in [-0.2, 0) is 9.05 Å². The zero-order valence-corrected chi connectivity index (χ0v) is 14.0. The van der Waals surface area contributed by atoms with Crippen molar-refractivity contribution in [2.24, 2.45) is 0 Å². The predicted molar refractivity (Wildman–Crippen MR) is 84.8 cm³/mol. The van der Waals surface area contributed by atoms with E-state index in [9.17, 15) is 8.42 Å². The lowest BCUT2D eigenvalue weighted by atomic mass is 10.2. The van der Waals surface area contributed by atoms with Crippen molar-refractivity contribution in [1.82, 2.24) is 4.98 Å². The zero-order valence-electron chi connectivity index (χ0n) is 11.6. The highest BCUT2D eigenvalue weighted by molar-refractivity contribution is 8.14. The lowest BCUT2D eigenvalue weighted by molar-refractivity contribution is 0.195. The van der Waals surface area contributed by atoms with Crippen molar-refractivity contribution in [2.45, 2.75) is 37.7 Å². The molecular weight excluding hydrogens is 333 g/mol. The molecule has 2 aromatic rings. The molecule has 4 nitrogen and oxygen atoms in total. The number of nitrogens with zero attached hydrogens (tertiary/aromatic N) is 1. The largest absolute Gasteiger partial charge is 0.488 e. The number of ether oxygens (including phenoxy) is 1. The van der Waals surface area contributed by atoms with Crippen molar-refractivity contribution in [3.05, 3.63) is 29.4 Å². The third kappa shape index (κ3) is 3.59. The Kier molecular flexibility index (Phi) is 4.96. The van der Waals surface area contributed by atoms with Crippen LogP contribution in [-0.4, -0.2) is 19.5 Å². The zero-order chi connectivity index (χ0) is 15.6. The summed E-state index contributed by atoms with van der Waals surface area (Å²) in [6, 6.07) is 6.10. The second-order valence-corrected chi connectivity index (χ2v) is 7.51. The van der Waals surface area contributed by atoms with E-state index < -0.39 is 9.05 Å². The number of rotatable bonds is 5. The Hall–Kier alpha value is -1.04. The van der Waals surface area contributed by atoms with Gasteiger partial charge in [0.05, 0.1) is 11.0 Å². The van der Waals surface area contributed by atoms with E-state index in [4.69, 9.17) is 27.0 Å². The predicted octanol–water partition coefficient (Wildman–Crippen LogP) is 4.38. The van der Waals surface area contributed by atoms with Crippen LogP contribution in [0.5, 0.6) is 5.75 Å². The van der Waals surface area contributed by atoms with Crippen LogP contribution in [0.15, 0.2) is 29.2 Å². The number of aromatic nitrogens is 1. The Morgan fingerprint density at radius 2 is 1.86 bits per heavy atom. The maximum atomic E-state index is 11.6. The summed E-state index contributed by atoms with van der Waals surface area (Å²) in [5.41, 5.74) is 0.399. The van der Waals surface area contributed by atoms with Crippen LogP contribution in [0.25, 0.3) is 10.9 Å². The first-order valence-corrected chi connectivity index (χ1v) is 9.26. The van der Waals surface area contributed by atoms with E-state index in [0.717, 1.165) is 12.8 Å². The van der Waals surface area contributed by atoms with Gasteiger partial charge in [0, 0.05) is 16.1 Å². The van der Waals surface area contributed by atoms with Gasteiger partial charge in [0.1, 0.15) is 16.4 Å². The molecule has 1 heterocycles. The molecule has 21 heavy (non-hydrogen) atoms. The Balaban J connectivity index is 2.66. The van der Waals surface area contributed by atoms with Gasteiger partial charge in [0.15, 0.2) is 0 Å². The maximum absolute atomic E-state index is 11.6. The molecule has 7 heteroatoms. The molecule has 0 amide bonds. The van der Waals surface area contributed by atoms with Crippen LogP contribution in [0.1, 0.15) is 26.7 Å². The molecule has 0 bridgehead atoms. The second-order valence-electron chi connectivity index (χ2n) is 4.59. The van der Waals surface area contributed by atoms with Gasteiger partial charge in [-0.1, -0.05) is 25.4 Å². The van der Waals surface area contributed by atoms with Crippen LogP contribution < -0.4 is 4.74 Å². The lowest BCUT2D eigenvalue weighted by Crippen LogP contribution is -2.14. The molecule has 0 aliphatic rings. The van der Waals surface area contributed by atoms with Crippen molar-refractivity contribution in [2.75, 3.05) is 0 Å². The molecule has 0 spiro atoms. The number of benzene rings is 1. The van der Waals surface area contributed by atoms with Crippen LogP contribution in [0.4, 0.5) is 0 Å². The van der Waals surface area contributed by atoms with Gasteiger partial charge in [-0.25, -0.2) is 13.4 Å². The molecule has 2 rings (SSSR count). The first kappa shape index (κ1) is 16.3. The average molecular weight is 348 g/mol. The summed E-state index contributed by atoms with van der Waals surface area (Å²) < 4.78 is 29.2. The van der Waals surface area contributed by atoms with Gasteiger partial charge in [-0.05, 0) is 37.1 Å². The highest BCUT2D eigenvalue weighted by atomic mass is 35.7. The van der Waals surface area contributed by atoms with Gasteiger partial charge >= 0.3 is 0 Å². The molecule has 0 N–H and O–H groups in total. The van der Waals surface area contributed by atoms with Gasteiger partial charge in [0.25, 0.3) is 9.05 Å². The molecule has 0 aliphatic carbocycles. The molecule has 0 fully saturated rings. The first-order chi connectivity index (χ1) is 9.86. The number of hydrogen-bond donors (Lipinski definition) is 0. The summed E-state index contributed by atoms with van der Waals surface area (Å²) in [5, 5.41) is 0.666. The van der Waals surface area contributed by atoms with Crippen molar-refractivity contribution in [3.8, 4) is 5.75 Å².